The highest BCUT2D eigenvalue weighted by molar-refractivity contribution is 5.67. The fourth-order valence-corrected chi connectivity index (χ4v) is 1.69. The summed E-state index contributed by atoms with van der Waals surface area (Å²) in [7, 11) is 0. The van der Waals surface area contributed by atoms with Crippen LogP contribution in [0.15, 0.2) is 36.5 Å². The molecular formula is C13H6F3N3O2. The zero-order chi connectivity index (χ0) is 15.6. The molecule has 0 aliphatic carbocycles. The Morgan fingerprint density at radius 3 is 2.29 bits per heavy atom. The minimum absolute atomic E-state index is 0.259. The second-order valence-electron chi connectivity index (χ2n) is 4.04. The van der Waals surface area contributed by atoms with Crippen LogP contribution in [0, 0.1) is 21.4 Å². The number of hydrogen-bond acceptors (Lipinski definition) is 4. The molecule has 0 spiro atoms. The Kier molecular flexibility index (Phi) is 3.58. The Bertz CT molecular complexity index is 734. The molecule has 21 heavy (non-hydrogen) atoms. The number of benzene rings is 1. The molecule has 0 bridgehead atoms. The summed E-state index contributed by atoms with van der Waals surface area (Å²) in [4.78, 5) is 13.7. The minimum Gasteiger partial charge on any atom is -0.258 e. The lowest BCUT2D eigenvalue weighted by Crippen LogP contribution is -2.04. The summed E-state index contributed by atoms with van der Waals surface area (Å²) in [5.74, 6) is 0. The molecule has 0 aliphatic rings. The van der Waals surface area contributed by atoms with Gasteiger partial charge in [-0.2, -0.15) is 18.4 Å². The largest absolute Gasteiger partial charge is 0.416 e. The van der Waals surface area contributed by atoms with Gasteiger partial charge in [0.25, 0.3) is 0 Å². The average molecular weight is 293 g/mol. The van der Waals surface area contributed by atoms with Crippen molar-refractivity contribution in [2.45, 2.75) is 6.18 Å². The molecule has 0 saturated carbocycles. The number of hydrogen-bond donors (Lipinski definition) is 0. The van der Waals surface area contributed by atoms with Gasteiger partial charge >= 0.3 is 11.9 Å². The van der Waals surface area contributed by atoms with Crippen LogP contribution >= 0.6 is 0 Å². The van der Waals surface area contributed by atoms with Crippen molar-refractivity contribution in [1.29, 1.82) is 5.26 Å². The van der Waals surface area contributed by atoms with Crippen molar-refractivity contribution in [3.8, 4) is 17.2 Å². The Balaban J connectivity index is 2.46. The minimum atomic E-state index is -4.45. The predicted octanol–water partition coefficient (Wildman–Crippen LogP) is 3.55. The average Bonchev–Trinajstić information content (AvgIpc) is 2.45. The van der Waals surface area contributed by atoms with Crippen LogP contribution in [0.2, 0.25) is 0 Å². The fraction of sp³-hybridized carbons (Fsp3) is 0.0769. The van der Waals surface area contributed by atoms with E-state index in [1.165, 1.54) is 18.3 Å². The first-order chi connectivity index (χ1) is 9.82. The maximum absolute atomic E-state index is 12.5. The van der Waals surface area contributed by atoms with E-state index in [-0.39, 0.29) is 11.3 Å². The summed E-state index contributed by atoms with van der Waals surface area (Å²) in [5, 5.41) is 19.5. The molecule has 106 valence electrons. The third kappa shape index (κ3) is 2.97. The first kappa shape index (κ1) is 14.5. The van der Waals surface area contributed by atoms with Gasteiger partial charge in [-0.3, -0.25) is 10.1 Å². The quantitative estimate of drug-likeness (QED) is 0.626. The summed E-state index contributed by atoms with van der Waals surface area (Å²) in [6.45, 7) is 0. The van der Waals surface area contributed by atoms with Gasteiger partial charge in [0, 0.05) is 17.8 Å². The second kappa shape index (κ2) is 5.20. The van der Waals surface area contributed by atoms with E-state index in [4.69, 9.17) is 5.26 Å². The summed E-state index contributed by atoms with van der Waals surface area (Å²) in [5.41, 5.74) is -1.06. The van der Waals surface area contributed by atoms with Crippen molar-refractivity contribution in [2.24, 2.45) is 0 Å². The number of rotatable bonds is 2. The van der Waals surface area contributed by atoms with Crippen molar-refractivity contribution in [3.63, 3.8) is 0 Å². The zero-order valence-corrected chi connectivity index (χ0v) is 10.3. The van der Waals surface area contributed by atoms with Crippen molar-refractivity contribution in [3.05, 3.63) is 57.9 Å². The Labute approximate surface area is 116 Å². The molecule has 0 fully saturated rings. The van der Waals surface area contributed by atoms with E-state index in [0.717, 1.165) is 18.2 Å². The lowest BCUT2D eigenvalue weighted by molar-refractivity contribution is -0.385. The van der Waals surface area contributed by atoms with Gasteiger partial charge in [0.15, 0.2) is 0 Å². The molecule has 0 aliphatic heterocycles. The molecule has 0 radical (unpaired) electrons. The maximum atomic E-state index is 12.5. The molecule has 1 aromatic carbocycles. The molecule has 1 heterocycles. The van der Waals surface area contributed by atoms with Crippen LogP contribution < -0.4 is 0 Å². The van der Waals surface area contributed by atoms with Gasteiger partial charge in [-0.05, 0) is 17.7 Å². The highest BCUT2D eigenvalue weighted by Gasteiger charge is 2.30. The van der Waals surface area contributed by atoms with Gasteiger partial charge in [0.2, 0.25) is 5.69 Å². The number of halogens is 3. The predicted molar refractivity (Wildman–Crippen MR) is 66.0 cm³/mol. The number of nitro groups is 1. The van der Waals surface area contributed by atoms with E-state index < -0.39 is 22.4 Å². The van der Waals surface area contributed by atoms with Crippen molar-refractivity contribution in [1.82, 2.24) is 4.98 Å². The number of pyridine rings is 1. The number of nitrogens with zero attached hydrogens (tertiary/aromatic N) is 3. The molecule has 0 N–H and O–H groups in total. The SMILES string of the molecule is N#Cc1ncc(-c2ccc(C(F)(F)F)cc2)cc1[N+](=O)[O-]. The van der Waals surface area contributed by atoms with E-state index in [1.54, 1.807) is 6.07 Å². The molecule has 1 aromatic heterocycles. The Morgan fingerprint density at radius 1 is 1.19 bits per heavy atom. The first-order valence-corrected chi connectivity index (χ1v) is 5.55. The zero-order valence-electron chi connectivity index (χ0n) is 10.3. The molecule has 0 unspecified atom stereocenters. The Morgan fingerprint density at radius 2 is 1.81 bits per heavy atom. The molecule has 0 amide bonds. The smallest absolute Gasteiger partial charge is 0.258 e. The first-order valence-electron chi connectivity index (χ1n) is 5.55. The second-order valence-corrected chi connectivity index (χ2v) is 4.04. The van der Waals surface area contributed by atoms with Gasteiger partial charge < -0.3 is 0 Å². The summed E-state index contributed by atoms with van der Waals surface area (Å²) in [6, 6.07) is 6.82. The van der Waals surface area contributed by atoms with Crippen LogP contribution in [-0.2, 0) is 6.18 Å². The van der Waals surface area contributed by atoms with Crippen LogP contribution in [0.5, 0.6) is 0 Å². The van der Waals surface area contributed by atoms with E-state index in [0.29, 0.717) is 5.56 Å². The molecule has 0 saturated heterocycles. The summed E-state index contributed by atoms with van der Waals surface area (Å²) in [6.07, 6.45) is -3.25. The molecule has 8 heteroatoms. The van der Waals surface area contributed by atoms with E-state index >= 15 is 0 Å². The van der Waals surface area contributed by atoms with E-state index in [1.807, 2.05) is 0 Å². The van der Waals surface area contributed by atoms with Crippen molar-refractivity contribution in [2.75, 3.05) is 0 Å². The highest BCUT2D eigenvalue weighted by Crippen LogP contribution is 2.31. The highest BCUT2D eigenvalue weighted by atomic mass is 19.4. The number of aromatic nitrogens is 1. The number of alkyl halides is 3. The fourth-order valence-electron chi connectivity index (χ4n) is 1.69. The van der Waals surface area contributed by atoms with Gasteiger partial charge in [-0.25, -0.2) is 4.98 Å². The topological polar surface area (TPSA) is 79.8 Å². The van der Waals surface area contributed by atoms with Crippen molar-refractivity contribution >= 4 is 5.69 Å². The van der Waals surface area contributed by atoms with Gasteiger partial charge in [-0.1, -0.05) is 12.1 Å². The van der Waals surface area contributed by atoms with Crippen LogP contribution in [0.3, 0.4) is 0 Å². The summed E-state index contributed by atoms with van der Waals surface area (Å²) < 4.78 is 37.4. The van der Waals surface area contributed by atoms with Crippen LogP contribution in [0.1, 0.15) is 11.3 Å². The monoisotopic (exact) mass is 293 g/mol. The van der Waals surface area contributed by atoms with Crippen molar-refractivity contribution < 1.29 is 18.1 Å². The molecule has 2 rings (SSSR count). The number of nitriles is 1. The third-order valence-electron chi connectivity index (χ3n) is 2.72. The van der Waals surface area contributed by atoms with Gasteiger partial charge in [0.1, 0.15) is 6.07 Å². The molecule has 5 nitrogen and oxygen atoms in total. The normalized spacial score (nSPS) is 11.0. The van der Waals surface area contributed by atoms with Gasteiger partial charge in [0.05, 0.1) is 10.5 Å². The Hall–Kier alpha value is -2.95. The van der Waals surface area contributed by atoms with Gasteiger partial charge in [-0.15, -0.1) is 0 Å². The summed E-state index contributed by atoms with van der Waals surface area (Å²) >= 11 is 0. The van der Waals surface area contributed by atoms with Crippen LogP contribution in [0.25, 0.3) is 11.1 Å². The molecule has 2 aromatic rings. The third-order valence-corrected chi connectivity index (χ3v) is 2.72. The van der Waals surface area contributed by atoms with Crippen LogP contribution in [0.4, 0.5) is 18.9 Å². The maximum Gasteiger partial charge on any atom is 0.416 e. The lowest BCUT2D eigenvalue weighted by Gasteiger charge is -2.07. The standard InChI is InChI=1S/C13H6F3N3O2/c14-13(15,16)10-3-1-8(2-4-10)9-5-12(19(20)21)11(6-17)18-7-9/h1-5,7H. The molecule has 0 atom stereocenters. The lowest BCUT2D eigenvalue weighted by atomic mass is 10.0. The van der Waals surface area contributed by atoms with Crippen LogP contribution in [-0.4, -0.2) is 9.91 Å². The van der Waals surface area contributed by atoms with E-state index in [2.05, 4.69) is 4.98 Å². The molecular weight excluding hydrogens is 287 g/mol. The van der Waals surface area contributed by atoms with E-state index in [9.17, 15) is 23.3 Å².